The summed E-state index contributed by atoms with van der Waals surface area (Å²) in [5.74, 6) is 0.111. The fraction of sp³-hybridized carbons (Fsp3) is 0.364. The molecule has 2 aromatic carbocycles. The summed E-state index contributed by atoms with van der Waals surface area (Å²) in [6, 6.07) is 13.6. The number of amides is 2. The first-order chi connectivity index (χ1) is 14.0. The number of hydrogen-bond donors (Lipinski definition) is 1. The van der Waals surface area contributed by atoms with Crippen molar-refractivity contribution in [1.29, 1.82) is 0 Å². The second-order valence-corrected chi connectivity index (χ2v) is 7.42. The molecule has 5 nitrogen and oxygen atoms in total. The van der Waals surface area contributed by atoms with Crippen LogP contribution in [-0.4, -0.2) is 35.9 Å². The molecule has 156 valence electrons. The molecule has 0 bridgehead atoms. The zero-order chi connectivity index (χ0) is 21.2. The maximum Gasteiger partial charge on any atom is 0.261 e. The number of halogens is 2. The van der Waals surface area contributed by atoms with Crippen molar-refractivity contribution in [2.45, 2.75) is 39.3 Å². The minimum Gasteiger partial charge on any atom is -0.484 e. The van der Waals surface area contributed by atoms with Crippen molar-refractivity contribution >= 4 is 35.0 Å². The largest absolute Gasteiger partial charge is 0.484 e. The average Bonchev–Trinajstić information content (AvgIpc) is 2.72. The van der Waals surface area contributed by atoms with Gasteiger partial charge in [-0.2, -0.15) is 0 Å². The van der Waals surface area contributed by atoms with E-state index < -0.39 is 6.04 Å². The molecule has 0 aliphatic carbocycles. The highest BCUT2D eigenvalue weighted by Crippen LogP contribution is 2.24. The number of carbonyl (C=O) groups excluding carboxylic acids is 2. The summed E-state index contributed by atoms with van der Waals surface area (Å²) in [5, 5.41) is 3.83. The van der Waals surface area contributed by atoms with Gasteiger partial charge in [-0.15, -0.1) is 0 Å². The average molecular weight is 437 g/mol. The normalized spacial score (nSPS) is 11.6. The van der Waals surface area contributed by atoms with Crippen LogP contribution in [0.5, 0.6) is 5.75 Å². The SMILES string of the molecule is CCCNC(=O)[C@H](CC)N(Cc1ccc(Cl)cc1Cl)C(=O)COc1ccccc1. The zero-order valence-electron chi connectivity index (χ0n) is 16.7. The van der Waals surface area contributed by atoms with Gasteiger partial charge in [0.05, 0.1) is 0 Å². The van der Waals surface area contributed by atoms with Crippen molar-refractivity contribution in [2.75, 3.05) is 13.2 Å². The molecule has 0 aromatic heterocycles. The van der Waals surface area contributed by atoms with E-state index in [0.717, 1.165) is 6.42 Å². The highest BCUT2D eigenvalue weighted by atomic mass is 35.5. The Morgan fingerprint density at radius 3 is 2.45 bits per heavy atom. The maximum atomic E-state index is 13.0. The van der Waals surface area contributed by atoms with Gasteiger partial charge in [0.25, 0.3) is 5.91 Å². The lowest BCUT2D eigenvalue weighted by molar-refractivity contribution is -0.143. The fourth-order valence-corrected chi connectivity index (χ4v) is 3.33. The van der Waals surface area contributed by atoms with E-state index in [1.54, 1.807) is 30.3 Å². The van der Waals surface area contributed by atoms with Gasteiger partial charge in [0.15, 0.2) is 6.61 Å². The summed E-state index contributed by atoms with van der Waals surface area (Å²) < 4.78 is 5.61. The van der Waals surface area contributed by atoms with E-state index in [0.29, 0.717) is 34.3 Å². The van der Waals surface area contributed by atoms with Gasteiger partial charge in [0.1, 0.15) is 11.8 Å². The molecule has 1 N–H and O–H groups in total. The van der Waals surface area contributed by atoms with Crippen molar-refractivity contribution < 1.29 is 14.3 Å². The number of hydrogen-bond acceptors (Lipinski definition) is 3. The van der Waals surface area contributed by atoms with Gasteiger partial charge in [0, 0.05) is 23.1 Å². The molecule has 0 fully saturated rings. The summed E-state index contributed by atoms with van der Waals surface area (Å²) in [7, 11) is 0. The first kappa shape index (κ1) is 23.0. The van der Waals surface area contributed by atoms with Crippen LogP contribution in [0.2, 0.25) is 10.0 Å². The third kappa shape index (κ3) is 6.94. The molecule has 1 atom stereocenters. The lowest BCUT2D eigenvalue weighted by Gasteiger charge is -2.30. The van der Waals surface area contributed by atoms with Crippen LogP contribution in [0.3, 0.4) is 0 Å². The molecular weight excluding hydrogens is 411 g/mol. The fourth-order valence-electron chi connectivity index (χ4n) is 2.86. The molecule has 2 rings (SSSR count). The van der Waals surface area contributed by atoms with E-state index in [9.17, 15) is 9.59 Å². The Bertz CT molecular complexity index is 815. The molecule has 0 heterocycles. The summed E-state index contributed by atoms with van der Waals surface area (Å²) in [4.78, 5) is 27.2. The first-order valence-electron chi connectivity index (χ1n) is 9.65. The minimum absolute atomic E-state index is 0.174. The smallest absolute Gasteiger partial charge is 0.261 e. The Morgan fingerprint density at radius 2 is 1.83 bits per heavy atom. The van der Waals surface area contributed by atoms with Crippen LogP contribution in [0.4, 0.5) is 0 Å². The number of rotatable bonds is 10. The summed E-state index contributed by atoms with van der Waals surface area (Å²) in [6.45, 7) is 4.42. The third-order valence-corrected chi connectivity index (χ3v) is 4.98. The topological polar surface area (TPSA) is 58.6 Å². The molecule has 0 radical (unpaired) electrons. The lowest BCUT2D eigenvalue weighted by Crippen LogP contribution is -2.50. The van der Waals surface area contributed by atoms with Crippen molar-refractivity contribution in [3.8, 4) is 5.75 Å². The third-order valence-electron chi connectivity index (χ3n) is 4.40. The number of carbonyl (C=O) groups is 2. The number of nitrogens with zero attached hydrogens (tertiary/aromatic N) is 1. The molecule has 0 aliphatic heterocycles. The first-order valence-corrected chi connectivity index (χ1v) is 10.4. The predicted octanol–water partition coefficient (Wildman–Crippen LogP) is 4.71. The van der Waals surface area contributed by atoms with Gasteiger partial charge in [0.2, 0.25) is 5.91 Å². The lowest BCUT2D eigenvalue weighted by atomic mass is 10.1. The molecule has 2 aromatic rings. The molecule has 0 saturated carbocycles. The number of nitrogens with one attached hydrogen (secondary N) is 1. The monoisotopic (exact) mass is 436 g/mol. The van der Waals surface area contributed by atoms with E-state index >= 15 is 0 Å². The Labute approximate surface area is 181 Å². The summed E-state index contributed by atoms with van der Waals surface area (Å²) >= 11 is 12.3. The van der Waals surface area contributed by atoms with Gasteiger partial charge in [-0.05, 0) is 42.7 Å². The van der Waals surface area contributed by atoms with Crippen LogP contribution >= 0.6 is 23.2 Å². The molecule has 0 unspecified atom stereocenters. The number of para-hydroxylation sites is 1. The van der Waals surface area contributed by atoms with E-state index in [1.807, 2.05) is 32.0 Å². The van der Waals surface area contributed by atoms with Crippen molar-refractivity contribution in [2.24, 2.45) is 0 Å². The summed E-state index contributed by atoms with van der Waals surface area (Å²) in [6.07, 6.45) is 1.29. The van der Waals surface area contributed by atoms with Gasteiger partial charge >= 0.3 is 0 Å². The Morgan fingerprint density at radius 1 is 1.10 bits per heavy atom. The van der Waals surface area contributed by atoms with Crippen molar-refractivity contribution in [3.63, 3.8) is 0 Å². The quantitative estimate of drug-likeness (QED) is 0.586. The molecule has 0 aliphatic rings. The van der Waals surface area contributed by atoms with E-state index in [-0.39, 0.29) is 25.0 Å². The molecule has 2 amide bonds. The molecule has 0 spiro atoms. The van der Waals surface area contributed by atoms with Gasteiger partial charge < -0.3 is 15.0 Å². The molecule has 0 saturated heterocycles. The van der Waals surface area contributed by atoms with Crippen molar-refractivity contribution in [1.82, 2.24) is 10.2 Å². The maximum absolute atomic E-state index is 13.0. The Kier molecular flexibility index (Phi) is 9.29. The van der Waals surface area contributed by atoms with Gasteiger partial charge in [-0.3, -0.25) is 9.59 Å². The minimum atomic E-state index is -0.625. The van der Waals surface area contributed by atoms with Gasteiger partial charge in [-0.1, -0.05) is 61.3 Å². The van der Waals surface area contributed by atoms with Crippen LogP contribution in [-0.2, 0) is 16.1 Å². The highest BCUT2D eigenvalue weighted by Gasteiger charge is 2.29. The van der Waals surface area contributed by atoms with Crippen molar-refractivity contribution in [3.05, 3.63) is 64.1 Å². The molecule has 7 heteroatoms. The van der Waals surface area contributed by atoms with E-state index in [2.05, 4.69) is 5.32 Å². The van der Waals surface area contributed by atoms with Crippen LogP contribution in [0.1, 0.15) is 32.3 Å². The number of ether oxygens (including phenoxy) is 1. The van der Waals surface area contributed by atoms with Crippen LogP contribution < -0.4 is 10.1 Å². The van der Waals surface area contributed by atoms with Crippen LogP contribution in [0.25, 0.3) is 0 Å². The van der Waals surface area contributed by atoms with E-state index in [4.69, 9.17) is 27.9 Å². The Balaban J connectivity index is 2.22. The summed E-state index contributed by atoms with van der Waals surface area (Å²) in [5.41, 5.74) is 0.714. The van der Waals surface area contributed by atoms with E-state index in [1.165, 1.54) is 4.90 Å². The molecule has 29 heavy (non-hydrogen) atoms. The zero-order valence-corrected chi connectivity index (χ0v) is 18.2. The standard InChI is InChI=1S/C22H26Cl2N2O3/c1-3-12-25-22(28)20(4-2)26(14-16-10-11-17(23)13-19(16)24)21(27)15-29-18-8-6-5-7-9-18/h5-11,13,20H,3-4,12,14-15H2,1-2H3,(H,25,28)/t20-/m0/s1. The predicted molar refractivity (Wildman–Crippen MR) is 116 cm³/mol. The number of benzene rings is 2. The second kappa shape index (κ2) is 11.7. The second-order valence-electron chi connectivity index (χ2n) is 6.57. The van der Waals surface area contributed by atoms with Crippen LogP contribution in [0, 0.1) is 0 Å². The van der Waals surface area contributed by atoms with Gasteiger partial charge in [-0.25, -0.2) is 0 Å². The molecular formula is C22H26Cl2N2O3. The highest BCUT2D eigenvalue weighted by molar-refractivity contribution is 6.35. The Hall–Kier alpha value is -2.24. The van der Waals surface area contributed by atoms with Crippen LogP contribution in [0.15, 0.2) is 48.5 Å².